The number of hydrogen-bond acceptors (Lipinski definition) is 7. The second-order valence-corrected chi connectivity index (χ2v) is 8.18. The van der Waals surface area contributed by atoms with Gasteiger partial charge in [0.05, 0.1) is 6.33 Å². The van der Waals surface area contributed by atoms with Crippen molar-refractivity contribution in [2.24, 2.45) is 0 Å². The molecule has 2 aliphatic heterocycles. The number of aromatic nitrogens is 4. The molecule has 2 N–H and O–H groups in total. The van der Waals surface area contributed by atoms with E-state index in [2.05, 4.69) is 27.5 Å². The molecule has 2 amide bonds. The van der Waals surface area contributed by atoms with Gasteiger partial charge in [-0.05, 0) is 25.7 Å². The molecule has 10 nitrogen and oxygen atoms in total. The van der Waals surface area contributed by atoms with Crippen LogP contribution in [0.25, 0.3) is 11.2 Å². The number of fused-ring (bicyclic) bond motifs is 1. The van der Waals surface area contributed by atoms with Crippen LogP contribution in [0.1, 0.15) is 45.4 Å². The largest absolute Gasteiger partial charge is 0.368 e. The molecule has 0 radical (unpaired) electrons. The van der Waals surface area contributed by atoms with Crippen LogP contribution in [0, 0.1) is 0 Å². The molecule has 2 aromatic rings. The van der Waals surface area contributed by atoms with E-state index in [1.807, 2.05) is 14.4 Å². The number of carbonyl (C=O) groups is 2. The van der Waals surface area contributed by atoms with E-state index in [9.17, 15) is 9.59 Å². The molecule has 31 heavy (non-hydrogen) atoms. The van der Waals surface area contributed by atoms with Gasteiger partial charge in [0, 0.05) is 58.7 Å². The highest BCUT2D eigenvalue weighted by atomic mass is 16.2. The number of anilines is 2. The first-order chi connectivity index (χ1) is 15.2. The van der Waals surface area contributed by atoms with Gasteiger partial charge in [-0.15, -0.1) is 0 Å². The van der Waals surface area contributed by atoms with Crippen LogP contribution >= 0.6 is 0 Å². The summed E-state index contributed by atoms with van der Waals surface area (Å²) in [6, 6.07) is 0. The number of amides is 2. The Bertz CT molecular complexity index is 927. The molecule has 0 saturated carbocycles. The van der Waals surface area contributed by atoms with Gasteiger partial charge in [-0.1, -0.05) is 6.92 Å². The Morgan fingerprint density at radius 2 is 1.68 bits per heavy atom. The third kappa shape index (κ3) is 5.05. The number of hydrogen-bond donors (Lipinski definition) is 2. The van der Waals surface area contributed by atoms with Crippen LogP contribution in [-0.2, 0) is 16.1 Å². The highest BCUT2D eigenvalue weighted by Gasteiger charge is 2.21. The van der Waals surface area contributed by atoms with Crippen molar-refractivity contribution in [3.05, 3.63) is 6.33 Å². The summed E-state index contributed by atoms with van der Waals surface area (Å²) in [6.07, 6.45) is 6.83. The summed E-state index contributed by atoms with van der Waals surface area (Å²) in [7, 11) is 0. The molecule has 0 spiro atoms. The zero-order valence-electron chi connectivity index (χ0n) is 18.3. The maximum atomic E-state index is 11.9. The molecule has 2 saturated heterocycles. The molecule has 2 aromatic heterocycles. The molecule has 0 aliphatic carbocycles. The quantitative estimate of drug-likeness (QED) is 0.524. The van der Waals surface area contributed by atoms with Crippen molar-refractivity contribution in [2.75, 3.05) is 49.9 Å². The molecule has 2 aliphatic rings. The maximum Gasteiger partial charge on any atom is 0.226 e. The molecule has 4 heterocycles. The SMILES string of the molecule is CCCNc1nc(NCCCN2CCCC2=O)nc2c1ncn2CCN1CCCC1=O. The summed E-state index contributed by atoms with van der Waals surface area (Å²) in [5.41, 5.74) is 1.51. The van der Waals surface area contributed by atoms with Crippen molar-refractivity contribution in [3.8, 4) is 0 Å². The number of imidazole rings is 1. The third-order valence-corrected chi connectivity index (χ3v) is 5.85. The molecule has 0 aromatic carbocycles. The van der Waals surface area contributed by atoms with E-state index in [0.29, 0.717) is 38.4 Å². The first-order valence-corrected chi connectivity index (χ1v) is 11.4. The summed E-state index contributed by atoms with van der Waals surface area (Å²) in [4.78, 5) is 41.4. The summed E-state index contributed by atoms with van der Waals surface area (Å²) < 4.78 is 1.99. The van der Waals surface area contributed by atoms with Gasteiger partial charge in [0.2, 0.25) is 17.8 Å². The van der Waals surface area contributed by atoms with Crippen LogP contribution in [0.5, 0.6) is 0 Å². The molecule has 4 rings (SSSR count). The number of likely N-dealkylation sites (tertiary alicyclic amines) is 2. The zero-order valence-corrected chi connectivity index (χ0v) is 18.3. The lowest BCUT2D eigenvalue weighted by Gasteiger charge is -2.16. The second-order valence-electron chi connectivity index (χ2n) is 8.18. The molecule has 0 unspecified atom stereocenters. The Morgan fingerprint density at radius 3 is 2.35 bits per heavy atom. The Morgan fingerprint density at radius 1 is 0.935 bits per heavy atom. The second kappa shape index (κ2) is 9.93. The summed E-state index contributed by atoms with van der Waals surface area (Å²) >= 11 is 0. The van der Waals surface area contributed by atoms with Crippen molar-refractivity contribution >= 4 is 34.7 Å². The molecular weight excluding hydrogens is 396 g/mol. The van der Waals surface area contributed by atoms with E-state index in [-0.39, 0.29) is 11.8 Å². The number of nitrogens with zero attached hydrogens (tertiary/aromatic N) is 6. The lowest BCUT2D eigenvalue weighted by Crippen LogP contribution is -2.28. The average molecular weight is 429 g/mol. The minimum absolute atomic E-state index is 0.225. The van der Waals surface area contributed by atoms with Crippen molar-refractivity contribution in [1.82, 2.24) is 29.3 Å². The van der Waals surface area contributed by atoms with Crippen molar-refractivity contribution in [3.63, 3.8) is 0 Å². The standard InChI is InChI=1S/C21H32N8O2/c1-2-8-22-19-18-20(29(15-24-18)14-13-28-11-4-7-17(28)31)26-21(25-19)23-9-5-12-27-10-3-6-16(27)30/h15H,2-14H2,1H3,(H2,22,23,25,26). The van der Waals surface area contributed by atoms with Crippen LogP contribution in [0.15, 0.2) is 6.33 Å². The van der Waals surface area contributed by atoms with Crippen molar-refractivity contribution < 1.29 is 9.59 Å². The van der Waals surface area contributed by atoms with Gasteiger partial charge in [0.15, 0.2) is 17.0 Å². The van der Waals surface area contributed by atoms with Crippen LogP contribution in [0.2, 0.25) is 0 Å². The Balaban J connectivity index is 1.43. The van der Waals surface area contributed by atoms with Gasteiger partial charge in [-0.2, -0.15) is 9.97 Å². The number of carbonyl (C=O) groups excluding carboxylic acids is 2. The van der Waals surface area contributed by atoms with Gasteiger partial charge in [-0.25, -0.2) is 4.98 Å². The van der Waals surface area contributed by atoms with Gasteiger partial charge < -0.3 is 25.0 Å². The Labute approximate surface area is 182 Å². The highest BCUT2D eigenvalue weighted by Crippen LogP contribution is 2.21. The lowest BCUT2D eigenvalue weighted by molar-refractivity contribution is -0.128. The predicted octanol–water partition coefficient (Wildman–Crippen LogP) is 1.69. The third-order valence-electron chi connectivity index (χ3n) is 5.85. The molecule has 0 bridgehead atoms. The maximum absolute atomic E-state index is 11.9. The van der Waals surface area contributed by atoms with Crippen LogP contribution < -0.4 is 10.6 Å². The van der Waals surface area contributed by atoms with Crippen LogP contribution in [-0.4, -0.2) is 80.4 Å². The Hall–Kier alpha value is -2.91. The summed E-state index contributed by atoms with van der Waals surface area (Å²) in [5.74, 6) is 1.75. The van der Waals surface area contributed by atoms with E-state index in [4.69, 9.17) is 4.98 Å². The van der Waals surface area contributed by atoms with E-state index in [0.717, 1.165) is 68.8 Å². The fourth-order valence-corrected chi connectivity index (χ4v) is 4.13. The normalized spacial score (nSPS) is 16.7. The van der Waals surface area contributed by atoms with E-state index in [1.165, 1.54) is 0 Å². The Kier molecular flexibility index (Phi) is 6.83. The van der Waals surface area contributed by atoms with Gasteiger partial charge in [0.25, 0.3) is 0 Å². The minimum Gasteiger partial charge on any atom is -0.368 e. The fraction of sp³-hybridized carbons (Fsp3) is 0.667. The highest BCUT2D eigenvalue weighted by molar-refractivity contribution is 5.84. The summed E-state index contributed by atoms with van der Waals surface area (Å²) in [6.45, 7) is 7.38. The van der Waals surface area contributed by atoms with Gasteiger partial charge in [0.1, 0.15) is 0 Å². The zero-order chi connectivity index (χ0) is 21.6. The van der Waals surface area contributed by atoms with Crippen LogP contribution in [0.3, 0.4) is 0 Å². The molecule has 10 heteroatoms. The summed E-state index contributed by atoms with van der Waals surface area (Å²) in [5, 5.41) is 6.66. The van der Waals surface area contributed by atoms with Crippen LogP contribution in [0.4, 0.5) is 11.8 Å². The average Bonchev–Trinajstić information content (AvgIpc) is 3.48. The minimum atomic E-state index is 0.225. The van der Waals surface area contributed by atoms with Gasteiger partial charge >= 0.3 is 0 Å². The van der Waals surface area contributed by atoms with E-state index >= 15 is 0 Å². The first-order valence-electron chi connectivity index (χ1n) is 11.4. The molecule has 2 fully saturated rings. The smallest absolute Gasteiger partial charge is 0.226 e. The van der Waals surface area contributed by atoms with E-state index < -0.39 is 0 Å². The topological polar surface area (TPSA) is 108 Å². The predicted molar refractivity (Wildman–Crippen MR) is 119 cm³/mol. The molecular formula is C21H32N8O2. The molecule has 168 valence electrons. The number of nitrogens with one attached hydrogen (secondary N) is 2. The number of rotatable bonds is 11. The fourth-order valence-electron chi connectivity index (χ4n) is 4.13. The van der Waals surface area contributed by atoms with Gasteiger partial charge in [-0.3, -0.25) is 9.59 Å². The lowest BCUT2D eigenvalue weighted by atomic mass is 10.4. The van der Waals surface area contributed by atoms with Crippen molar-refractivity contribution in [2.45, 2.75) is 52.0 Å². The first kappa shape index (κ1) is 21.3. The van der Waals surface area contributed by atoms with E-state index in [1.54, 1.807) is 6.33 Å². The monoisotopic (exact) mass is 428 g/mol. The molecule has 0 atom stereocenters. The van der Waals surface area contributed by atoms with Crippen molar-refractivity contribution in [1.29, 1.82) is 0 Å².